The average Bonchev–Trinajstić information content (AvgIpc) is 3.10. The number of thiophene rings is 1. The summed E-state index contributed by atoms with van der Waals surface area (Å²) < 4.78 is 15.8. The topological polar surface area (TPSA) is 103 Å². The molecule has 1 aromatic carbocycles. The molecule has 0 fully saturated rings. The van der Waals surface area contributed by atoms with Crippen molar-refractivity contribution in [3.05, 3.63) is 46.2 Å². The molecule has 2 N–H and O–H groups in total. The Bertz CT molecular complexity index is 834. The van der Waals surface area contributed by atoms with Crippen molar-refractivity contribution in [2.24, 2.45) is 0 Å². The molecule has 8 nitrogen and oxygen atoms in total. The molecule has 0 aliphatic carbocycles. The van der Waals surface area contributed by atoms with Gasteiger partial charge in [0.1, 0.15) is 11.5 Å². The molecule has 2 amide bonds. The van der Waals surface area contributed by atoms with Crippen molar-refractivity contribution < 1.29 is 28.6 Å². The third kappa shape index (κ3) is 4.31. The molecule has 9 heteroatoms. The van der Waals surface area contributed by atoms with Gasteiger partial charge in [-0.2, -0.15) is 0 Å². The minimum Gasteiger partial charge on any atom is -0.485 e. The maximum Gasteiger partial charge on any atom is 0.348 e. The van der Waals surface area contributed by atoms with Crippen LogP contribution in [0.3, 0.4) is 0 Å². The van der Waals surface area contributed by atoms with E-state index in [1.54, 1.807) is 36.4 Å². The van der Waals surface area contributed by atoms with Crippen LogP contribution < -0.4 is 20.3 Å². The molecule has 0 radical (unpaired) electrons. The van der Waals surface area contributed by atoms with Crippen molar-refractivity contribution in [2.75, 3.05) is 13.2 Å². The van der Waals surface area contributed by atoms with Crippen LogP contribution in [0, 0.1) is 6.92 Å². The van der Waals surface area contributed by atoms with Gasteiger partial charge in [-0.15, -0.1) is 11.3 Å². The number of ether oxygens (including phenoxy) is 3. The van der Waals surface area contributed by atoms with Crippen molar-refractivity contribution in [3.63, 3.8) is 0 Å². The largest absolute Gasteiger partial charge is 0.485 e. The molecule has 1 atom stereocenters. The van der Waals surface area contributed by atoms with E-state index in [9.17, 15) is 14.4 Å². The molecule has 0 saturated carbocycles. The highest BCUT2D eigenvalue weighted by Crippen LogP contribution is 2.30. The molecule has 1 aliphatic heterocycles. The minimum absolute atomic E-state index is 0.0193. The van der Waals surface area contributed by atoms with Crippen LogP contribution in [0.2, 0.25) is 0 Å². The van der Waals surface area contributed by atoms with Gasteiger partial charge in [-0.1, -0.05) is 12.1 Å². The number of fused-ring (bicyclic) bond motifs is 1. The van der Waals surface area contributed by atoms with E-state index >= 15 is 0 Å². The van der Waals surface area contributed by atoms with Gasteiger partial charge in [-0.3, -0.25) is 20.4 Å². The zero-order valence-electron chi connectivity index (χ0n) is 13.8. The van der Waals surface area contributed by atoms with Crippen molar-refractivity contribution in [1.29, 1.82) is 0 Å². The van der Waals surface area contributed by atoms with Gasteiger partial charge < -0.3 is 14.2 Å². The maximum atomic E-state index is 12.0. The van der Waals surface area contributed by atoms with E-state index < -0.39 is 30.5 Å². The lowest BCUT2D eigenvalue weighted by Gasteiger charge is -2.25. The quantitative estimate of drug-likeness (QED) is 0.614. The summed E-state index contributed by atoms with van der Waals surface area (Å²) in [6, 6.07) is 10.4. The SMILES string of the molecule is Cc1ccc(C(=O)OCC(=O)NNC(=O)[C@@H]2COc3ccccc3O2)s1. The second kappa shape index (κ2) is 7.87. The van der Waals surface area contributed by atoms with Crippen LogP contribution >= 0.6 is 11.3 Å². The lowest BCUT2D eigenvalue weighted by Crippen LogP contribution is -2.51. The van der Waals surface area contributed by atoms with Crippen molar-refractivity contribution in [1.82, 2.24) is 10.9 Å². The number of para-hydroxylation sites is 2. The third-order valence-electron chi connectivity index (χ3n) is 3.40. The van der Waals surface area contributed by atoms with Gasteiger partial charge in [0.15, 0.2) is 18.1 Å². The van der Waals surface area contributed by atoms with Gasteiger partial charge in [0, 0.05) is 4.88 Å². The smallest absolute Gasteiger partial charge is 0.348 e. The Morgan fingerprint density at radius 1 is 1.15 bits per heavy atom. The van der Waals surface area contributed by atoms with Gasteiger partial charge >= 0.3 is 5.97 Å². The van der Waals surface area contributed by atoms with Crippen LogP contribution in [-0.4, -0.2) is 37.1 Å². The molecule has 2 heterocycles. The summed E-state index contributed by atoms with van der Waals surface area (Å²) in [6.07, 6.45) is -0.901. The number of nitrogens with one attached hydrogen (secondary N) is 2. The van der Waals surface area contributed by atoms with E-state index in [2.05, 4.69) is 10.9 Å². The number of rotatable bonds is 4. The fourth-order valence-corrected chi connectivity index (χ4v) is 2.90. The third-order valence-corrected chi connectivity index (χ3v) is 4.38. The molecule has 0 bridgehead atoms. The van der Waals surface area contributed by atoms with E-state index in [1.807, 2.05) is 6.92 Å². The Morgan fingerprint density at radius 2 is 1.92 bits per heavy atom. The number of amides is 2. The zero-order valence-corrected chi connectivity index (χ0v) is 14.6. The molecule has 2 aromatic rings. The molecule has 3 rings (SSSR count). The van der Waals surface area contributed by atoms with Gasteiger partial charge in [0.2, 0.25) is 6.10 Å². The number of benzene rings is 1. The van der Waals surface area contributed by atoms with Gasteiger partial charge in [-0.05, 0) is 31.2 Å². The lowest BCUT2D eigenvalue weighted by molar-refractivity contribution is -0.135. The highest BCUT2D eigenvalue weighted by Gasteiger charge is 2.27. The summed E-state index contributed by atoms with van der Waals surface area (Å²) in [5.74, 6) is -0.836. The maximum absolute atomic E-state index is 12.0. The van der Waals surface area contributed by atoms with Crippen molar-refractivity contribution >= 4 is 29.1 Å². The van der Waals surface area contributed by atoms with Gasteiger partial charge in [0.05, 0.1) is 0 Å². The Morgan fingerprint density at radius 3 is 2.65 bits per heavy atom. The van der Waals surface area contributed by atoms with Crippen LogP contribution in [0.4, 0.5) is 0 Å². The van der Waals surface area contributed by atoms with Crippen LogP contribution in [0.5, 0.6) is 11.5 Å². The van der Waals surface area contributed by atoms with E-state index in [4.69, 9.17) is 14.2 Å². The van der Waals surface area contributed by atoms with Crippen molar-refractivity contribution in [3.8, 4) is 11.5 Å². The number of hydrogen-bond donors (Lipinski definition) is 2. The highest BCUT2D eigenvalue weighted by atomic mass is 32.1. The fraction of sp³-hybridized carbons (Fsp3) is 0.235. The molecule has 1 aliphatic rings. The summed E-state index contributed by atoms with van der Waals surface area (Å²) in [4.78, 5) is 36.9. The normalized spacial score (nSPS) is 15.0. The molecular weight excluding hydrogens is 360 g/mol. The van der Waals surface area contributed by atoms with Crippen LogP contribution in [0.15, 0.2) is 36.4 Å². The predicted molar refractivity (Wildman–Crippen MR) is 92.0 cm³/mol. The number of hydrogen-bond acceptors (Lipinski definition) is 7. The Hall–Kier alpha value is -3.07. The first-order valence-corrected chi connectivity index (χ1v) is 8.55. The summed E-state index contributed by atoms with van der Waals surface area (Å²) in [5, 5.41) is 0. The van der Waals surface area contributed by atoms with Crippen molar-refractivity contribution in [2.45, 2.75) is 13.0 Å². The van der Waals surface area contributed by atoms with Crippen LogP contribution in [-0.2, 0) is 14.3 Å². The molecular formula is C17H16N2O6S. The summed E-state index contributed by atoms with van der Waals surface area (Å²) >= 11 is 1.27. The molecule has 26 heavy (non-hydrogen) atoms. The number of carbonyl (C=O) groups is 3. The van der Waals surface area contributed by atoms with Crippen LogP contribution in [0.25, 0.3) is 0 Å². The van der Waals surface area contributed by atoms with E-state index in [-0.39, 0.29) is 6.61 Å². The predicted octanol–water partition coefficient (Wildman–Crippen LogP) is 1.20. The summed E-state index contributed by atoms with van der Waals surface area (Å²) in [7, 11) is 0. The molecule has 0 unspecified atom stereocenters. The number of esters is 1. The van der Waals surface area contributed by atoms with E-state index in [0.29, 0.717) is 16.4 Å². The summed E-state index contributed by atoms with van der Waals surface area (Å²) in [5.41, 5.74) is 4.39. The number of aryl methyl sites for hydroxylation is 1. The standard InChI is InChI=1S/C17H16N2O6S/c1-10-6-7-14(26-10)17(22)24-9-15(20)18-19-16(21)13-8-23-11-4-2-3-5-12(11)25-13/h2-7,13H,8-9H2,1H3,(H,18,20)(H,19,21)/t13-/m0/s1. The molecule has 1 aromatic heterocycles. The second-order valence-corrected chi connectivity index (χ2v) is 6.68. The lowest BCUT2D eigenvalue weighted by atomic mass is 10.2. The number of carbonyl (C=O) groups excluding carboxylic acids is 3. The first-order valence-electron chi connectivity index (χ1n) is 7.73. The molecule has 0 saturated heterocycles. The number of hydrazine groups is 1. The highest BCUT2D eigenvalue weighted by molar-refractivity contribution is 7.13. The Kier molecular flexibility index (Phi) is 5.37. The Labute approximate surface area is 153 Å². The zero-order chi connectivity index (χ0) is 18.5. The summed E-state index contributed by atoms with van der Waals surface area (Å²) in [6.45, 7) is 1.37. The van der Waals surface area contributed by atoms with Gasteiger partial charge in [-0.25, -0.2) is 4.79 Å². The van der Waals surface area contributed by atoms with Crippen LogP contribution in [0.1, 0.15) is 14.5 Å². The Balaban J connectivity index is 1.42. The molecule has 0 spiro atoms. The minimum atomic E-state index is -0.901. The first kappa shape index (κ1) is 17.7. The molecule has 136 valence electrons. The first-order chi connectivity index (χ1) is 12.5. The average molecular weight is 376 g/mol. The van der Waals surface area contributed by atoms with E-state index in [0.717, 1.165) is 4.88 Å². The second-order valence-electron chi connectivity index (χ2n) is 5.39. The fourth-order valence-electron chi connectivity index (χ4n) is 2.14. The monoisotopic (exact) mass is 376 g/mol. The van der Waals surface area contributed by atoms with E-state index in [1.165, 1.54) is 11.3 Å². The van der Waals surface area contributed by atoms with Gasteiger partial charge in [0.25, 0.3) is 11.8 Å².